The van der Waals surface area contributed by atoms with E-state index in [9.17, 15) is 9.59 Å². The second-order valence-electron chi connectivity index (χ2n) is 3.92. The summed E-state index contributed by atoms with van der Waals surface area (Å²) in [4.78, 5) is 24.3. The third-order valence-electron chi connectivity index (χ3n) is 2.66. The lowest BCUT2D eigenvalue weighted by Gasteiger charge is -2.22. The molecule has 4 heteroatoms. The van der Waals surface area contributed by atoms with Gasteiger partial charge in [0.25, 0.3) is 0 Å². The lowest BCUT2D eigenvalue weighted by atomic mass is 10.1. The number of ketones is 1. The van der Waals surface area contributed by atoms with Crippen LogP contribution in [-0.2, 0) is 16.0 Å². The summed E-state index contributed by atoms with van der Waals surface area (Å²) in [5.74, 6) is 0.0138. The second-order valence-corrected chi connectivity index (χ2v) is 4.70. The Morgan fingerprint density at radius 1 is 1.53 bits per heavy atom. The van der Waals surface area contributed by atoms with Gasteiger partial charge in [0.1, 0.15) is 0 Å². The van der Waals surface area contributed by atoms with Crippen molar-refractivity contribution in [3.05, 3.63) is 22.4 Å². The number of thiophene rings is 1. The average Bonchev–Trinajstić information content (AvgIpc) is 2.75. The first-order valence-corrected chi connectivity index (χ1v) is 5.93. The van der Waals surface area contributed by atoms with Crippen molar-refractivity contribution in [2.45, 2.75) is 25.8 Å². The quantitative estimate of drug-likeness (QED) is 0.728. The Balaban J connectivity index is 1.99. The normalized spacial score (nSPS) is 18.6. The first kappa shape index (κ1) is 10.4. The summed E-state index contributed by atoms with van der Waals surface area (Å²) >= 11 is 1.66. The van der Waals surface area contributed by atoms with E-state index in [1.165, 1.54) is 5.56 Å². The summed E-state index contributed by atoms with van der Waals surface area (Å²) in [6, 6.07) is 2.18. The highest BCUT2D eigenvalue weighted by Crippen LogP contribution is 2.16. The zero-order valence-electron chi connectivity index (χ0n) is 8.60. The summed E-state index contributed by atoms with van der Waals surface area (Å²) in [6.07, 6.45) is 0.927. The molecule has 0 N–H and O–H groups in total. The van der Waals surface area contributed by atoms with Crippen LogP contribution in [0.5, 0.6) is 0 Å². The van der Waals surface area contributed by atoms with E-state index in [1.54, 1.807) is 16.2 Å². The fourth-order valence-corrected chi connectivity index (χ4v) is 2.55. The van der Waals surface area contributed by atoms with E-state index < -0.39 is 0 Å². The molecular formula is C11H13NO2S. The SMILES string of the molecule is CC(Cc1ccsc1)N1CC(=O)CC1=O. The summed E-state index contributed by atoms with van der Waals surface area (Å²) < 4.78 is 0. The van der Waals surface area contributed by atoms with Gasteiger partial charge >= 0.3 is 0 Å². The lowest BCUT2D eigenvalue weighted by molar-refractivity contribution is -0.129. The minimum atomic E-state index is -0.0253. The predicted octanol–water partition coefficient (Wildman–Crippen LogP) is 1.48. The van der Waals surface area contributed by atoms with E-state index in [0.717, 1.165) is 6.42 Å². The van der Waals surface area contributed by atoms with Crippen molar-refractivity contribution in [2.24, 2.45) is 0 Å². The van der Waals surface area contributed by atoms with Crippen molar-refractivity contribution < 1.29 is 9.59 Å². The van der Waals surface area contributed by atoms with Gasteiger partial charge in [0.15, 0.2) is 5.78 Å². The number of nitrogens with zero attached hydrogens (tertiary/aromatic N) is 1. The number of hydrogen-bond donors (Lipinski definition) is 0. The van der Waals surface area contributed by atoms with Crippen LogP contribution in [0.3, 0.4) is 0 Å². The summed E-state index contributed by atoms with van der Waals surface area (Å²) in [5.41, 5.74) is 1.24. The molecule has 0 aromatic carbocycles. The van der Waals surface area contributed by atoms with Gasteiger partial charge in [0.05, 0.1) is 13.0 Å². The van der Waals surface area contributed by atoms with Crippen LogP contribution in [0.1, 0.15) is 18.9 Å². The van der Waals surface area contributed by atoms with Crippen LogP contribution in [-0.4, -0.2) is 29.2 Å². The van der Waals surface area contributed by atoms with Crippen molar-refractivity contribution in [3.63, 3.8) is 0 Å². The highest BCUT2D eigenvalue weighted by atomic mass is 32.1. The molecule has 1 saturated heterocycles. The Morgan fingerprint density at radius 3 is 2.87 bits per heavy atom. The van der Waals surface area contributed by atoms with Crippen molar-refractivity contribution >= 4 is 23.0 Å². The number of amides is 1. The van der Waals surface area contributed by atoms with Gasteiger partial charge in [0, 0.05) is 6.04 Å². The van der Waals surface area contributed by atoms with E-state index in [0.29, 0.717) is 6.54 Å². The van der Waals surface area contributed by atoms with Crippen molar-refractivity contribution in [2.75, 3.05) is 6.54 Å². The molecule has 1 aliphatic heterocycles. The zero-order chi connectivity index (χ0) is 10.8. The Morgan fingerprint density at radius 2 is 2.33 bits per heavy atom. The van der Waals surface area contributed by atoms with Crippen molar-refractivity contribution in [3.8, 4) is 0 Å². The Hall–Kier alpha value is -1.16. The summed E-state index contributed by atoms with van der Waals surface area (Å²) in [6.45, 7) is 2.29. The van der Waals surface area contributed by atoms with Crippen LogP contribution in [0.2, 0.25) is 0 Å². The first-order valence-electron chi connectivity index (χ1n) is 4.99. The minimum Gasteiger partial charge on any atom is -0.332 e. The van der Waals surface area contributed by atoms with Gasteiger partial charge in [-0.05, 0) is 35.7 Å². The molecule has 80 valence electrons. The van der Waals surface area contributed by atoms with E-state index in [4.69, 9.17) is 0 Å². The van der Waals surface area contributed by atoms with Gasteiger partial charge in [-0.3, -0.25) is 9.59 Å². The molecule has 1 fully saturated rings. The standard InChI is InChI=1S/C11H13NO2S/c1-8(4-9-2-3-15-7-9)12-6-10(13)5-11(12)14/h2-3,7-8H,4-6H2,1H3. The molecular weight excluding hydrogens is 210 g/mol. The van der Waals surface area contributed by atoms with Crippen LogP contribution in [0, 0.1) is 0 Å². The third kappa shape index (κ3) is 2.26. The molecule has 1 aromatic heterocycles. The first-order chi connectivity index (χ1) is 7.16. The van der Waals surface area contributed by atoms with Gasteiger partial charge in [-0.15, -0.1) is 0 Å². The Bertz CT molecular complexity index is 372. The molecule has 0 saturated carbocycles. The molecule has 1 unspecified atom stereocenters. The predicted molar refractivity (Wildman–Crippen MR) is 58.8 cm³/mol. The number of carbonyl (C=O) groups excluding carboxylic acids is 2. The maximum absolute atomic E-state index is 11.5. The molecule has 1 amide bonds. The smallest absolute Gasteiger partial charge is 0.230 e. The van der Waals surface area contributed by atoms with Crippen LogP contribution in [0.15, 0.2) is 16.8 Å². The minimum absolute atomic E-state index is 0.0253. The van der Waals surface area contributed by atoms with Gasteiger partial charge in [0.2, 0.25) is 5.91 Å². The van der Waals surface area contributed by atoms with Crippen LogP contribution >= 0.6 is 11.3 Å². The monoisotopic (exact) mass is 223 g/mol. The fraction of sp³-hybridized carbons (Fsp3) is 0.455. The van der Waals surface area contributed by atoms with E-state index in [2.05, 4.69) is 11.4 Å². The number of hydrogen-bond acceptors (Lipinski definition) is 3. The van der Waals surface area contributed by atoms with Crippen molar-refractivity contribution in [1.29, 1.82) is 0 Å². The highest BCUT2D eigenvalue weighted by Gasteiger charge is 2.30. The molecule has 0 spiro atoms. The number of likely N-dealkylation sites (tertiary alicyclic amines) is 1. The third-order valence-corrected chi connectivity index (χ3v) is 3.39. The molecule has 1 atom stereocenters. The average molecular weight is 223 g/mol. The van der Waals surface area contributed by atoms with Gasteiger partial charge in [-0.2, -0.15) is 11.3 Å². The zero-order valence-corrected chi connectivity index (χ0v) is 9.42. The largest absolute Gasteiger partial charge is 0.332 e. The molecule has 0 radical (unpaired) electrons. The maximum Gasteiger partial charge on any atom is 0.230 e. The Kier molecular flexibility index (Phi) is 2.86. The second kappa shape index (κ2) is 4.14. The molecule has 2 rings (SSSR count). The Labute approximate surface area is 92.7 Å². The van der Waals surface area contributed by atoms with Gasteiger partial charge in [-0.25, -0.2) is 0 Å². The van der Waals surface area contributed by atoms with Crippen molar-refractivity contribution in [1.82, 2.24) is 4.90 Å². The molecule has 15 heavy (non-hydrogen) atoms. The molecule has 1 aromatic rings. The molecule has 0 aliphatic carbocycles. The number of Topliss-reactive ketones (excluding diaryl/α,β-unsaturated/α-hetero) is 1. The van der Waals surface area contributed by atoms with E-state index >= 15 is 0 Å². The van der Waals surface area contributed by atoms with Gasteiger partial charge in [-0.1, -0.05) is 0 Å². The topological polar surface area (TPSA) is 37.4 Å². The highest BCUT2D eigenvalue weighted by molar-refractivity contribution is 7.07. The maximum atomic E-state index is 11.5. The van der Waals surface area contributed by atoms with E-state index in [1.807, 2.05) is 12.3 Å². The number of carbonyl (C=O) groups is 2. The molecule has 0 bridgehead atoms. The summed E-state index contributed by atoms with van der Waals surface area (Å²) in [7, 11) is 0. The van der Waals surface area contributed by atoms with E-state index in [-0.39, 0.29) is 24.2 Å². The van der Waals surface area contributed by atoms with Crippen LogP contribution < -0.4 is 0 Å². The molecule has 1 aliphatic rings. The lowest BCUT2D eigenvalue weighted by Crippen LogP contribution is -2.35. The molecule has 2 heterocycles. The fourth-order valence-electron chi connectivity index (χ4n) is 1.87. The number of rotatable bonds is 3. The molecule has 3 nitrogen and oxygen atoms in total. The van der Waals surface area contributed by atoms with Crippen LogP contribution in [0.4, 0.5) is 0 Å². The van der Waals surface area contributed by atoms with Crippen LogP contribution in [0.25, 0.3) is 0 Å². The van der Waals surface area contributed by atoms with Gasteiger partial charge < -0.3 is 4.90 Å². The summed E-state index contributed by atoms with van der Waals surface area (Å²) in [5, 5.41) is 4.11.